The number of aliphatic hydroxyl groups is 1. The van der Waals surface area contributed by atoms with Gasteiger partial charge in [-0.05, 0) is 59.9 Å². The van der Waals surface area contributed by atoms with Gasteiger partial charge in [-0.25, -0.2) is 4.79 Å². The lowest BCUT2D eigenvalue weighted by Crippen LogP contribution is -2.49. The molecule has 2 aliphatic carbocycles. The van der Waals surface area contributed by atoms with Crippen molar-refractivity contribution < 1.29 is 9.90 Å². The smallest absolute Gasteiger partial charge is 0.315 e. The van der Waals surface area contributed by atoms with Crippen LogP contribution in [-0.2, 0) is 6.42 Å². The first kappa shape index (κ1) is 13.9. The molecule has 3 N–H and O–H groups in total. The summed E-state index contributed by atoms with van der Waals surface area (Å²) in [6.07, 6.45) is 4.46. The van der Waals surface area contributed by atoms with E-state index in [2.05, 4.69) is 27.5 Å². The molecule has 0 saturated heterocycles. The molecule has 2 fully saturated rings. The lowest BCUT2D eigenvalue weighted by atomic mass is 9.85. The predicted molar refractivity (Wildman–Crippen MR) is 79.8 cm³/mol. The summed E-state index contributed by atoms with van der Waals surface area (Å²) in [6, 6.07) is 2.17. The highest BCUT2D eigenvalue weighted by atomic mass is 32.1. The lowest BCUT2D eigenvalue weighted by Gasteiger charge is -2.30. The van der Waals surface area contributed by atoms with Crippen molar-refractivity contribution in [1.82, 2.24) is 10.6 Å². The normalized spacial score (nSPS) is 31.4. The van der Waals surface area contributed by atoms with Crippen LogP contribution in [0, 0.1) is 17.8 Å². The van der Waals surface area contributed by atoms with Crippen molar-refractivity contribution in [3.63, 3.8) is 0 Å². The third kappa shape index (κ3) is 2.83. The molecule has 0 aliphatic heterocycles. The van der Waals surface area contributed by atoms with E-state index < -0.39 is 0 Å². The number of nitrogens with one attached hydrogen (secondary N) is 2. The zero-order chi connectivity index (χ0) is 13.9. The van der Waals surface area contributed by atoms with Gasteiger partial charge in [0.05, 0.1) is 0 Å². The van der Waals surface area contributed by atoms with Crippen LogP contribution in [0.15, 0.2) is 16.8 Å². The molecule has 2 amide bonds. The molecule has 4 unspecified atom stereocenters. The van der Waals surface area contributed by atoms with Crippen molar-refractivity contribution in [1.29, 1.82) is 0 Å². The molecule has 1 aromatic rings. The highest BCUT2D eigenvalue weighted by molar-refractivity contribution is 7.07. The fourth-order valence-electron chi connectivity index (χ4n) is 3.86. The Morgan fingerprint density at radius 1 is 1.40 bits per heavy atom. The van der Waals surface area contributed by atoms with Crippen molar-refractivity contribution in [2.24, 2.45) is 17.8 Å². The number of hydrogen-bond acceptors (Lipinski definition) is 3. The molecule has 0 radical (unpaired) electrons. The van der Waals surface area contributed by atoms with Gasteiger partial charge in [0.1, 0.15) is 0 Å². The van der Waals surface area contributed by atoms with Crippen LogP contribution >= 0.6 is 11.3 Å². The van der Waals surface area contributed by atoms with Gasteiger partial charge in [0, 0.05) is 25.1 Å². The van der Waals surface area contributed by atoms with Gasteiger partial charge in [-0.15, -0.1) is 0 Å². The monoisotopic (exact) mass is 294 g/mol. The van der Waals surface area contributed by atoms with Gasteiger partial charge in [0.15, 0.2) is 0 Å². The van der Waals surface area contributed by atoms with E-state index in [4.69, 9.17) is 0 Å². The van der Waals surface area contributed by atoms with E-state index in [1.165, 1.54) is 24.8 Å². The van der Waals surface area contributed by atoms with E-state index in [9.17, 15) is 9.90 Å². The fraction of sp³-hybridized carbons (Fsp3) is 0.667. The van der Waals surface area contributed by atoms with E-state index in [1.54, 1.807) is 11.3 Å². The first-order valence-corrected chi connectivity index (χ1v) is 8.38. The SMILES string of the molecule is O=C(NCCc1ccsc1)NC1C2CCC(C2)C1CO. The molecule has 2 saturated carbocycles. The number of rotatable bonds is 5. The van der Waals surface area contributed by atoms with Gasteiger partial charge in [-0.3, -0.25) is 0 Å². The second-order valence-electron chi connectivity index (χ2n) is 5.99. The third-order valence-electron chi connectivity index (χ3n) is 4.88. The van der Waals surface area contributed by atoms with Crippen LogP contribution in [0.2, 0.25) is 0 Å². The Morgan fingerprint density at radius 3 is 3.00 bits per heavy atom. The molecule has 2 bridgehead atoms. The van der Waals surface area contributed by atoms with E-state index in [0.717, 1.165) is 6.42 Å². The van der Waals surface area contributed by atoms with Gasteiger partial charge >= 0.3 is 6.03 Å². The predicted octanol–water partition coefficient (Wildman–Crippen LogP) is 2.00. The molecule has 3 rings (SSSR count). The summed E-state index contributed by atoms with van der Waals surface area (Å²) in [4.78, 5) is 12.0. The summed E-state index contributed by atoms with van der Waals surface area (Å²) in [5, 5.41) is 19.7. The lowest BCUT2D eigenvalue weighted by molar-refractivity contribution is 0.144. The Labute approximate surface area is 123 Å². The molecule has 110 valence electrons. The topological polar surface area (TPSA) is 61.4 Å². The molecule has 5 heteroatoms. The zero-order valence-electron chi connectivity index (χ0n) is 11.5. The molecular weight excluding hydrogens is 272 g/mol. The molecule has 20 heavy (non-hydrogen) atoms. The summed E-state index contributed by atoms with van der Waals surface area (Å²) in [7, 11) is 0. The van der Waals surface area contributed by atoms with Crippen molar-refractivity contribution in [2.45, 2.75) is 31.7 Å². The van der Waals surface area contributed by atoms with Crippen LogP contribution in [0.5, 0.6) is 0 Å². The van der Waals surface area contributed by atoms with E-state index in [1.807, 2.05) is 0 Å². The highest BCUT2D eigenvalue weighted by Crippen LogP contribution is 2.48. The molecular formula is C15H22N2O2S. The van der Waals surface area contributed by atoms with Crippen molar-refractivity contribution >= 4 is 17.4 Å². The summed E-state index contributed by atoms with van der Waals surface area (Å²) in [5.74, 6) is 1.44. The van der Waals surface area contributed by atoms with Gasteiger partial charge < -0.3 is 15.7 Å². The van der Waals surface area contributed by atoms with Crippen molar-refractivity contribution in [3.05, 3.63) is 22.4 Å². The maximum atomic E-state index is 12.0. The number of amides is 2. The molecule has 1 aromatic heterocycles. The van der Waals surface area contributed by atoms with Crippen LogP contribution in [0.25, 0.3) is 0 Å². The van der Waals surface area contributed by atoms with Crippen LogP contribution < -0.4 is 10.6 Å². The van der Waals surface area contributed by atoms with Crippen LogP contribution in [0.4, 0.5) is 4.79 Å². The van der Waals surface area contributed by atoms with E-state index in [-0.39, 0.29) is 24.6 Å². The van der Waals surface area contributed by atoms with Gasteiger partial charge in [0.2, 0.25) is 0 Å². The Hall–Kier alpha value is -1.07. The van der Waals surface area contributed by atoms with Gasteiger partial charge in [0.25, 0.3) is 0 Å². The second kappa shape index (κ2) is 6.14. The third-order valence-corrected chi connectivity index (χ3v) is 5.61. The molecule has 0 aromatic carbocycles. The Kier molecular flexibility index (Phi) is 4.27. The number of thiophene rings is 1. The summed E-state index contributed by atoms with van der Waals surface area (Å²) >= 11 is 1.68. The quantitative estimate of drug-likeness (QED) is 0.778. The minimum Gasteiger partial charge on any atom is -0.396 e. The number of carbonyl (C=O) groups excluding carboxylic acids is 1. The van der Waals surface area contributed by atoms with Crippen LogP contribution in [0.1, 0.15) is 24.8 Å². The molecule has 2 aliphatic rings. The molecule has 0 spiro atoms. The minimum atomic E-state index is -0.0868. The van der Waals surface area contributed by atoms with Crippen LogP contribution in [0.3, 0.4) is 0 Å². The first-order chi connectivity index (χ1) is 9.78. The van der Waals surface area contributed by atoms with Gasteiger partial charge in [-0.1, -0.05) is 0 Å². The molecule has 4 atom stereocenters. The number of fused-ring (bicyclic) bond motifs is 2. The number of hydrogen-bond donors (Lipinski definition) is 3. The maximum Gasteiger partial charge on any atom is 0.315 e. The molecule has 1 heterocycles. The molecule has 4 nitrogen and oxygen atoms in total. The first-order valence-electron chi connectivity index (χ1n) is 7.44. The second-order valence-corrected chi connectivity index (χ2v) is 6.77. The zero-order valence-corrected chi connectivity index (χ0v) is 12.4. The summed E-state index contributed by atoms with van der Waals surface area (Å²) < 4.78 is 0. The highest BCUT2D eigenvalue weighted by Gasteiger charge is 2.47. The number of aliphatic hydroxyl groups excluding tert-OH is 1. The van der Waals surface area contributed by atoms with Gasteiger partial charge in [-0.2, -0.15) is 11.3 Å². The Balaban J connectivity index is 1.44. The van der Waals surface area contributed by atoms with Crippen LogP contribution in [-0.4, -0.2) is 30.3 Å². The standard InChI is InChI=1S/C15H22N2O2S/c18-8-13-11-1-2-12(7-11)14(13)17-15(19)16-5-3-10-4-6-20-9-10/h4,6,9,11-14,18H,1-3,5,7-8H2,(H2,16,17,19). The average molecular weight is 294 g/mol. The largest absolute Gasteiger partial charge is 0.396 e. The van der Waals surface area contributed by atoms with E-state index >= 15 is 0 Å². The Morgan fingerprint density at radius 2 is 2.25 bits per heavy atom. The number of carbonyl (C=O) groups is 1. The van der Waals surface area contributed by atoms with Crippen molar-refractivity contribution in [2.75, 3.05) is 13.2 Å². The number of urea groups is 1. The minimum absolute atomic E-state index is 0.0868. The Bertz CT molecular complexity index is 449. The maximum absolute atomic E-state index is 12.0. The summed E-state index contributed by atoms with van der Waals surface area (Å²) in [5.41, 5.74) is 1.27. The fourth-order valence-corrected chi connectivity index (χ4v) is 4.56. The summed E-state index contributed by atoms with van der Waals surface area (Å²) in [6.45, 7) is 0.855. The van der Waals surface area contributed by atoms with Crippen molar-refractivity contribution in [3.8, 4) is 0 Å². The van der Waals surface area contributed by atoms with E-state index in [0.29, 0.717) is 18.4 Å². The average Bonchev–Trinajstić information content (AvgIpc) is 3.15.